The second-order valence-electron chi connectivity index (χ2n) is 5.58. The standard InChI is InChI=1S/C17H19IN4O/c1-11(2)22-14-8-9-19-17(15(14)16(18)21-22)20-10-12-4-6-13(23-3)7-5-12/h4-9,11H,10H2,1-3H3,(H,19,20). The van der Waals surface area contributed by atoms with Crippen LogP contribution in [0.2, 0.25) is 0 Å². The molecule has 0 aliphatic rings. The fourth-order valence-electron chi connectivity index (χ4n) is 2.50. The van der Waals surface area contributed by atoms with E-state index < -0.39 is 0 Å². The van der Waals surface area contributed by atoms with E-state index in [2.05, 4.69) is 64.0 Å². The lowest BCUT2D eigenvalue weighted by Crippen LogP contribution is -2.03. The zero-order chi connectivity index (χ0) is 16.4. The summed E-state index contributed by atoms with van der Waals surface area (Å²) < 4.78 is 8.19. The van der Waals surface area contributed by atoms with Gasteiger partial charge in [0.1, 0.15) is 15.3 Å². The number of aromatic nitrogens is 3. The fourth-order valence-corrected chi connectivity index (χ4v) is 3.27. The number of hydrogen-bond donors (Lipinski definition) is 1. The van der Waals surface area contributed by atoms with Gasteiger partial charge in [0, 0.05) is 18.8 Å². The Morgan fingerprint density at radius 2 is 1.96 bits per heavy atom. The number of rotatable bonds is 5. The van der Waals surface area contributed by atoms with E-state index in [-0.39, 0.29) is 0 Å². The Bertz CT molecular complexity index is 811. The summed E-state index contributed by atoms with van der Waals surface area (Å²) in [5, 5.41) is 9.14. The van der Waals surface area contributed by atoms with Crippen molar-refractivity contribution in [1.82, 2.24) is 14.8 Å². The van der Waals surface area contributed by atoms with Crippen LogP contribution in [-0.4, -0.2) is 21.9 Å². The van der Waals surface area contributed by atoms with Crippen molar-refractivity contribution in [3.63, 3.8) is 0 Å². The topological polar surface area (TPSA) is 52.0 Å². The maximum absolute atomic E-state index is 5.19. The molecule has 0 unspecified atom stereocenters. The highest BCUT2D eigenvalue weighted by molar-refractivity contribution is 14.1. The normalized spacial score (nSPS) is 11.2. The van der Waals surface area contributed by atoms with Gasteiger partial charge in [0.05, 0.1) is 18.0 Å². The predicted molar refractivity (Wildman–Crippen MR) is 101 cm³/mol. The molecule has 0 radical (unpaired) electrons. The number of halogens is 1. The molecule has 0 spiro atoms. The summed E-state index contributed by atoms with van der Waals surface area (Å²) in [7, 11) is 1.67. The lowest BCUT2D eigenvalue weighted by atomic mass is 10.2. The van der Waals surface area contributed by atoms with E-state index in [1.54, 1.807) is 7.11 Å². The number of anilines is 1. The van der Waals surface area contributed by atoms with Crippen LogP contribution in [0.1, 0.15) is 25.5 Å². The molecule has 3 aromatic rings. The third kappa shape index (κ3) is 3.26. The first kappa shape index (κ1) is 16.0. The average molecular weight is 422 g/mol. The van der Waals surface area contributed by atoms with Crippen molar-refractivity contribution in [3.05, 3.63) is 45.8 Å². The van der Waals surface area contributed by atoms with Gasteiger partial charge in [-0.2, -0.15) is 5.10 Å². The van der Waals surface area contributed by atoms with Gasteiger partial charge in [-0.05, 0) is 60.2 Å². The number of methoxy groups -OCH3 is 1. The van der Waals surface area contributed by atoms with Crippen molar-refractivity contribution >= 4 is 39.3 Å². The molecule has 120 valence electrons. The van der Waals surface area contributed by atoms with Crippen LogP contribution in [0.3, 0.4) is 0 Å². The predicted octanol–water partition coefficient (Wildman–Crippen LogP) is 4.24. The summed E-state index contributed by atoms with van der Waals surface area (Å²) in [6.07, 6.45) is 1.83. The summed E-state index contributed by atoms with van der Waals surface area (Å²) in [4.78, 5) is 4.50. The molecular weight excluding hydrogens is 403 g/mol. The zero-order valence-electron chi connectivity index (χ0n) is 13.4. The van der Waals surface area contributed by atoms with Crippen LogP contribution >= 0.6 is 22.6 Å². The van der Waals surface area contributed by atoms with Crippen LogP contribution in [0.25, 0.3) is 10.9 Å². The molecule has 0 fully saturated rings. The number of nitrogens with one attached hydrogen (secondary N) is 1. The number of hydrogen-bond acceptors (Lipinski definition) is 4. The maximum atomic E-state index is 5.19. The maximum Gasteiger partial charge on any atom is 0.138 e. The number of ether oxygens (including phenoxy) is 1. The van der Waals surface area contributed by atoms with Gasteiger partial charge >= 0.3 is 0 Å². The van der Waals surface area contributed by atoms with E-state index in [4.69, 9.17) is 4.74 Å². The molecule has 5 nitrogen and oxygen atoms in total. The van der Waals surface area contributed by atoms with Gasteiger partial charge < -0.3 is 10.1 Å². The second-order valence-corrected chi connectivity index (χ2v) is 6.61. The van der Waals surface area contributed by atoms with Crippen molar-refractivity contribution in [2.45, 2.75) is 26.4 Å². The molecule has 0 aliphatic heterocycles. The highest BCUT2D eigenvalue weighted by Crippen LogP contribution is 2.28. The molecule has 23 heavy (non-hydrogen) atoms. The largest absolute Gasteiger partial charge is 0.497 e. The van der Waals surface area contributed by atoms with E-state index in [0.29, 0.717) is 12.6 Å². The van der Waals surface area contributed by atoms with Crippen molar-refractivity contribution < 1.29 is 4.74 Å². The zero-order valence-corrected chi connectivity index (χ0v) is 15.5. The molecule has 2 aromatic heterocycles. The van der Waals surface area contributed by atoms with E-state index in [9.17, 15) is 0 Å². The van der Waals surface area contributed by atoms with Crippen LogP contribution in [0, 0.1) is 3.70 Å². The lowest BCUT2D eigenvalue weighted by Gasteiger charge is -2.09. The van der Waals surface area contributed by atoms with E-state index in [1.165, 1.54) is 5.56 Å². The smallest absolute Gasteiger partial charge is 0.138 e. The Morgan fingerprint density at radius 3 is 2.61 bits per heavy atom. The molecule has 0 atom stereocenters. The molecule has 0 saturated carbocycles. The first-order valence-electron chi connectivity index (χ1n) is 7.49. The summed E-state index contributed by atoms with van der Waals surface area (Å²) >= 11 is 2.27. The van der Waals surface area contributed by atoms with Crippen LogP contribution in [0.5, 0.6) is 5.75 Å². The summed E-state index contributed by atoms with van der Waals surface area (Å²) in [5.41, 5.74) is 2.28. The Morgan fingerprint density at radius 1 is 1.22 bits per heavy atom. The molecule has 0 bridgehead atoms. The van der Waals surface area contributed by atoms with Gasteiger partial charge in [-0.25, -0.2) is 4.98 Å². The number of pyridine rings is 1. The highest BCUT2D eigenvalue weighted by atomic mass is 127. The summed E-state index contributed by atoms with van der Waals surface area (Å²) in [5.74, 6) is 1.73. The Balaban J connectivity index is 1.88. The van der Waals surface area contributed by atoms with E-state index >= 15 is 0 Å². The summed E-state index contributed by atoms with van der Waals surface area (Å²) in [6, 6.07) is 10.4. The monoisotopic (exact) mass is 422 g/mol. The molecule has 6 heteroatoms. The van der Waals surface area contributed by atoms with Crippen molar-refractivity contribution in [3.8, 4) is 5.75 Å². The highest BCUT2D eigenvalue weighted by Gasteiger charge is 2.14. The molecule has 0 amide bonds. The first-order valence-corrected chi connectivity index (χ1v) is 8.57. The summed E-state index contributed by atoms with van der Waals surface area (Å²) in [6.45, 7) is 4.97. The Labute approximate surface area is 149 Å². The minimum atomic E-state index is 0.317. The third-order valence-corrected chi connectivity index (χ3v) is 4.44. The van der Waals surface area contributed by atoms with Gasteiger partial charge in [0.15, 0.2) is 0 Å². The van der Waals surface area contributed by atoms with Crippen LogP contribution < -0.4 is 10.1 Å². The Hall–Kier alpha value is -1.83. The fraction of sp³-hybridized carbons (Fsp3) is 0.294. The van der Waals surface area contributed by atoms with Crippen molar-refractivity contribution in [2.75, 3.05) is 12.4 Å². The van der Waals surface area contributed by atoms with Gasteiger partial charge in [-0.1, -0.05) is 12.1 Å². The van der Waals surface area contributed by atoms with Crippen LogP contribution in [0.4, 0.5) is 5.82 Å². The van der Waals surface area contributed by atoms with Crippen molar-refractivity contribution in [1.29, 1.82) is 0 Å². The van der Waals surface area contributed by atoms with E-state index in [1.807, 2.05) is 29.1 Å². The van der Waals surface area contributed by atoms with Gasteiger partial charge in [-0.15, -0.1) is 0 Å². The first-order chi connectivity index (χ1) is 11.1. The average Bonchev–Trinajstić information content (AvgIpc) is 2.91. The van der Waals surface area contributed by atoms with Crippen LogP contribution in [-0.2, 0) is 6.54 Å². The third-order valence-electron chi connectivity index (χ3n) is 3.69. The molecule has 0 aliphatic carbocycles. The molecule has 0 saturated heterocycles. The number of benzene rings is 1. The number of nitrogens with zero attached hydrogens (tertiary/aromatic N) is 3. The quantitative estimate of drug-likeness (QED) is 0.626. The molecule has 3 rings (SSSR count). The van der Waals surface area contributed by atoms with Crippen molar-refractivity contribution in [2.24, 2.45) is 0 Å². The molecule has 1 N–H and O–H groups in total. The Kier molecular flexibility index (Phi) is 4.70. The van der Waals surface area contributed by atoms with E-state index in [0.717, 1.165) is 26.2 Å². The van der Waals surface area contributed by atoms with Gasteiger partial charge in [-0.3, -0.25) is 4.68 Å². The second kappa shape index (κ2) is 6.74. The molecular formula is C17H19IN4O. The van der Waals surface area contributed by atoms with Gasteiger partial charge in [0.2, 0.25) is 0 Å². The molecule has 1 aromatic carbocycles. The number of fused-ring (bicyclic) bond motifs is 1. The SMILES string of the molecule is COc1ccc(CNc2nccc3c2c(I)nn3C(C)C)cc1. The van der Waals surface area contributed by atoms with Crippen LogP contribution in [0.15, 0.2) is 36.5 Å². The minimum absolute atomic E-state index is 0.317. The van der Waals surface area contributed by atoms with Gasteiger partial charge in [0.25, 0.3) is 0 Å². The lowest BCUT2D eigenvalue weighted by molar-refractivity contribution is 0.414. The minimum Gasteiger partial charge on any atom is -0.497 e. The molecule has 2 heterocycles.